The van der Waals surface area contributed by atoms with Crippen molar-refractivity contribution in [1.82, 2.24) is 0 Å². The van der Waals surface area contributed by atoms with Crippen LogP contribution in [0.4, 0.5) is 0 Å². The van der Waals surface area contributed by atoms with E-state index in [2.05, 4.69) is 13.8 Å². The van der Waals surface area contributed by atoms with Crippen LogP contribution in [0.15, 0.2) is 0 Å². The third-order valence-electron chi connectivity index (χ3n) is 3.11. The molecule has 0 aliphatic carbocycles. The van der Waals surface area contributed by atoms with Crippen molar-refractivity contribution in [2.75, 3.05) is 7.11 Å². The van der Waals surface area contributed by atoms with Crippen LogP contribution in [-0.2, 0) is 14.3 Å². The summed E-state index contributed by atoms with van der Waals surface area (Å²) in [6.45, 7) is 6.05. The number of esters is 1. The van der Waals surface area contributed by atoms with Crippen molar-refractivity contribution in [2.45, 2.75) is 57.7 Å². The Morgan fingerprint density at radius 1 is 1.29 bits per heavy atom. The number of hydrogen-bond acceptors (Lipinski definition) is 3. The molecule has 1 atom stereocenters. The average molecular weight is 200 g/mol. The van der Waals surface area contributed by atoms with Crippen LogP contribution in [0.1, 0.15) is 46.5 Å². The van der Waals surface area contributed by atoms with E-state index in [-0.39, 0.29) is 11.6 Å². The van der Waals surface area contributed by atoms with Gasteiger partial charge in [-0.05, 0) is 19.8 Å². The van der Waals surface area contributed by atoms with Crippen molar-refractivity contribution in [3.63, 3.8) is 0 Å². The molecule has 0 aromatic carbocycles. The van der Waals surface area contributed by atoms with Gasteiger partial charge in [-0.15, -0.1) is 0 Å². The van der Waals surface area contributed by atoms with Gasteiger partial charge in [0, 0.05) is 0 Å². The van der Waals surface area contributed by atoms with Crippen molar-refractivity contribution in [3.8, 4) is 0 Å². The molecule has 0 spiro atoms. The average Bonchev–Trinajstić information content (AvgIpc) is 2.73. The van der Waals surface area contributed by atoms with Crippen LogP contribution in [0.2, 0.25) is 0 Å². The minimum atomic E-state index is -0.687. The Morgan fingerprint density at radius 3 is 2.14 bits per heavy atom. The highest BCUT2D eigenvalue weighted by Crippen LogP contribution is 2.54. The van der Waals surface area contributed by atoms with Gasteiger partial charge in [-0.25, -0.2) is 4.79 Å². The Kier molecular flexibility index (Phi) is 3.20. The van der Waals surface area contributed by atoms with Crippen LogP contribution in [0, 0.1) is 0 Å². The van der Waals surface area contributed by atoms with E-state index in [1.54, 1.807) is 0 Å². The van der Waals surface area contributed by atoms with Gasteiger partial charge in [0.25, 0.3) is 0 Å². The summed E-state index contributed by atoms with van der Waals surface area (Å²) < 4.78 is 10.4. The Morgan fingerprint density at radius 2 is 1.79 bits per heavy atom. The summed E-state index contributed by atoms with van der Waals surface area (Å²) in [5.74, 6) is -0.237. The molecule has 3 heteroatoms. The molecule has 0 aromatic rings. The summed E-state index contributed by atoms with van der Waals surface area (Å²) in [5.41, 5.74) is -0.933. The molecule has 14 heavy (non-hydrogen) atoms. The molecule has 0 bridgehead atoms. The van der Waals surface area contributed by atoms with E-state index in [0.717, 1.165) is 25.7 Å². The van der Waals surface area contributed by atoms with Crippen LogP contribution in [0.25, 0.3) is 0 Å². The van der Waals surface area contributed by atoms with E-state index in [0.29, 0.717) is 0 Å². The zero-order valence-electron chi connectivity index (χ0n) is 9.55. The summed E-state index contributed by atoms with van der Waals surface area (Å²) in [5, 5.41) is 0. The van der Waals surface area contributed by atoms with Gasteiger partial charge in [-0.1, -0.05) is 26.7 Å². The van der Waals surface area contributed by atoms with Gasteiger partial charge in [0.05, 0.1) is 7.11 Å². The van der Waals surface area contributed by atoms with Gasteiger partial charge in [0.15, 0.2) is 5.60 Å². The smallest absolute Gasteiger partial charge is 0.340 e. The van der Waals surface area contributed by atoms with E-state index in [1.165, 1.54) is 7.11 Å². The quantitative estimate of drug-likeness (QED) is 0.505. The molecule has 1 rings (SSSR count). The van der Waals surface area contributed by atoms with E-state index in [9.17, 15) is 4.79 Å². The number of epoxide rings is 1. The molecule has 0 amide bonds. The van der Waals surface area contributed by atoms with Gasteiger partial charge in [-0.2, -0.15) is 0 Å². The Balaban J connectivity index is 2.71. The molecule has 1 aliphatic heterocycles. The summed E-state index contributed by atoms with van der Waals surface area (Å²) in [6, 6.07) is 0. The van der Waals surface area contributed by atoms with Crippen molar-refractivity contribution in [2.24, 2.45) is 0 Å². The molecule has 0 saturated carbocycles. The third kappa shape index (κ3) is 1.54. The lowest BCUT2D eigenvalue weighted by atomic mass is 9.86. The number of carbonyl (C=O) groups excluding carboxylic acids is 1. The second-order valence-electron chi connectivity index (χ2n) is 4.12. The number of rotatable bonds is 5. The maximum absolute atomic E-state index is 11.5. The lowest BCUT2D eigenvalue weighted by molar-refractivity contribution is -0.146. The normalized spacial score (nSPS) is 28.6. The molecular weight excluding hydrogens is 180 g/mol. The van der Waals surface area contributed by atoms with Crippen LogP contribution in [-0.4, -0.2) is 24.3 Å². The molecule has 0 N–H and O–H groups in total. The number of hydrogen-bond donors (Lipinski definition) is 0. The van der Waals surface area contributed by atoms with Crippen LogP contribution in [0.5, 0.6) is 0 Å². The highest BCUT2D eigenvalue weighted by molar-refractivity contribution is 5.84. The Bertz CT molecular complexity index is 219. The summed E-state index contributed by atoms with van der Waals surface area (Å²) in [7, 11) is 1.41. The van der Waals surface area contributed by atoms with Crippen LogP contribution in [0.3, 0.4) is 0 Å². The number of methoxy groups -OCH3 is 1. The molecular formula is C11H20O3. The molecule has 1 saturated heterocycles. The lowest BCUT2D eigenvalue weighted by Crippen LogP contribution is -2.32. The number of ether oxygens (including phenoxy) is 2. The van der Waals surface area contributed by atoms with Crippen molar-refractivity contribution < 1.29 is 14.3 Å². The highest BCUT2D eigenvalue weighted by Gasteiger charge is 2.70. The third-order valence-corrected chi connectivity index (χ3v) is 3.11. The summed E-state index contributed by atoms with van der Waals surface area (Å²) in [6.07, 6.45) is 3.94. The predicted molar refractivity (Wildman–Crippen MR) is 54.1 cm³/mol. The molecule has 1 fully saturated rings. The van der Waals surface area contributed by atoms with E-state index >= 15 is 0 Å². The highest BCUT2D eigenvalue weighted by atomic mass is 16.7. The fourth-order valence-electron chi connectivity index (χ4n) is 2.30. The van der Waals surface area contributed by atoms with E-state index < -0.39 is 5.60 Å². The first-order chi connectivity index (χ1) is 6.56. The SMILES string of the molecule is CCCC1(CCC)OC1(C)C(=O)OC. The Labute approximate surface area is 85.8 Å². The molecule has 0 radical (unpaired) electrons. The van der Waals surface area contributed by atoms with Crippen molar-refractivity contribution >= 4 is 5.97 Å². The standard InChI is InChI=1S/C11H20O3/c1-5-7-11(8-6-2)10(3,14-11)9(12)13-4/h5-8H2,1-4H3. The largest absolute Gasteiger partial charge is 0.467 e. The minimum Gasteiger partial charge on any atom is -0.467 e. The second-order valence-corrected chi connectivity index (χ2v) is 4.12. The maximum atomic E-state index is 11.5. The van der Waals surface area contributed by atoms with Gasteiger partial charge in [0.2, 0.25) is 0 Å². The lowest BCUT2D eigenvalue weighted by Gasteiger charge is -2.13. The Hall–Kier alpha value is -0.570. The molecule has 3 nitrogen and oxygen atoms in total. The van der Waals surface area contributed by atoms with Crippen LogP contribution >= 0.6 is 0 Å². The zero-order valence-corrected chi connectivity index (χ0v) is 9.55. The topological polar surface area (TPSA) is 38.8 Å². The minimum absolute atomic E-state index is 0.237. The number of carbonyl (C=O) groups is 1. The first-order valence-electron chi connectivity index (χ1n) is 5.35. The van der Waals surface area contributed by atoms with Gasteiger partial charge >= 0.3 is 5.97 Å². The second kappa shape index (κ2) is 3.89. The first-order valence-corrected chi connectivity index (χ1v) is 5.35. The van der Waals surface area contributed by atoms with E-state index in [1.807, 2.05) is 6.92 Å². The zero-order chi connectivity index (χ0) is 10.8. The van der Waals surface area contributed by atoms with E-state index in [4.69, 9.17) is 9.47 Å². The maximum Gasteiger partial charge on any atom is 0.340 e. The van der Waals surface area contributed by atoms with Crippen molar-refractivity contribution in [3.05, 3.63) is 0 Å². The fraction of sp³-hybridized carbons (Fsp3) is 0.909. The predicted octanol–water partition coefficient (Wildman–Crippen LogP) is 2.29. The van der Waals surface area contributed by atoms with Gasteiger partial charge < -0.3 is 9.47 Å². The fourth-order valence-corrected chi connectivity index (χ4v) is 2.30. The van der Waals surface area contributed by atoms with Gasteiger partial charge in [-0.3, -0.25) is 0 Å². The van der Waals surface area contributed by atoms with Crippen molar-refractivity contribution in [1.29, 1.82) is 0 Å². The van der Waals surface area contributed by atoms with Gasteiger partial charge in [0.1, 0.15) is 5.60 Å². The summed E-state index contributed by atoms with van der Waals surface area (Å²) >= 11 is 0. The molecule has 1 unspecified atom stereocenters. The molecule has 1 heterocycles. The summed E-state index contributed by atoms with van der Waals surface area (Å²) in [4.78, 5) is 11.5. The van der Waals surface area contributed by atoms with Crippen LogP contribution < -0.4 is 0 Å². The first kappa shape index (κ1) is 11.5. The molecule has 82 valence electrons. The molecule has 1 aliphatic rings. The molecule has 0 aromatic heterocycles. The monoisotopic (exact) mass is 200 g/mol.